The number of rotatable bonds is 8. The molecule has 0 aromatic heterocycles. The highest BCUT2D eigenvalue weighted by Crippen LogP contribution is 2.39. The first kappa shape index (κ1) is 32.1. The van der Waals surface area contributed by atoms with Crippen LogP contribution >= 0.6 is 0 Å². The zero-order valence-electron chi connectivity index (χ0n) is 22.9. The molecule has 1 amide bonds. The van der Waals surface area contributed by atoms with Gasteiger partial charge in [-0.05, 0) is 75.7 Å². The summed E-state index contributed by atoms with van der Waals surface area (Å²) < 4.78 is 104. The van der Waals surface area contributed by atoms with Crippen LogP contribution in [0.5, 0.6) is 5.75 Å². The van der Waals surface area contributed by atoms with Crippen LogP contribution in [-0.4, -0.2) is 36.0 Å². The topological polar surface area (TPSA) is 61.8 Å². The highest BCUT2D eigenvalue weighted by molar-refractivity contribution is 7.90. The Morgan fingerprint density at radius 2 is 1.54 bits per heavy atom. The van der Waals surface area contributed by atoms with E-state index < -0.39 is 53.8 Å². The van der Waals surface area contributed by atoms with Crippen LogP contribution in [0.15, 0.2) is 59.5 Å². The summed E-state index contributed by atoms with van der Waals surface area (Å²) in [5.74, 6) is 0.469. The fraction of sp³-hybridized carbons (Fsp3) is 0.345. The first-order chi connectivity index (χ1) is 19.0. The summed E-state index contributed by atoms with van der Waals surface area (Å²) in [7, 11) is 2.47. The molecule has 3 aromatic carbocycles. The molecular formula is C29H29F6NO4S. The first-order valence-electron chi connectivity index (χ1n) is 12.3. The summed E-state index contributed by atoms with van der Waals surface area (Å²) >= 11 is -1.77. The standard InChI is InChI=1S/C29H29F6NO4S/c1-17(2)19-6-9-26(39-3)25(13-19)24-8-7-21(28(30,31)32)12-20(24)16-36(27(37)40-4)15-18-10-22(29(33,34)35)14-23(11-18)41(5)38/h6-14,17H,15-16H2,1-5H3. The van der Waals surface area contributed by atoms with Crippen LogP contribution in [0.3, 0.4) is 0 Å². The van der Waals surface area contributed by atoms with Gasteiger partial charge in [-0.3, -0.25) is 4.90 Å². The quantitative estimate of drug-likeness (QED) is 0.194. The largest absolute Gasteiger partial charge is 0.612 e. The van der Waals surface area contributed by atoms with Crippen molar-refractivity contribution in [3.63, 3.8) is 0 Å². The van der Waals surface area contributed by atoms with Crippen molar-refractivity contribution < 1.29 is 45.2 Å². The number of hydrogen-bond donors (Lipinski definition) is 0. The normalized spacial score (nSPS) is 12.8. The Bertz CT molecular complexity index is 1390. The molecule has 0 spiro atoms. The molecule has 41 heavy (non-hydrogen) atoms. The number of carbonyl (C=O) groups excluding carboxylic acids is 1. The predicted octanol–water partition coefficient (Wildman–Crippen LogP) is 8.03. The number of nitrogens with zero attached hydrogens (tertiary/aromatic N) is 1. The van der Waals surface area contributed by atoms with Crippen molar-refractivity contribution >= 4 is 17.3 Å². The smallest absolute Gasteiger partial charge is 0.416 e. The van der Waals surface area contributed by atoms with Crippen molar-refractivity contribution in [2.75, 3.05) is 20.5 Å². The van der Waals surface area contributed by atoms with Gasteiger partial charge in [-0.15, -0.1) is 0 Å². The molecule has 0 saturated carbocycles. The van der Waals surface area contributed by atoms with Gasteiger partial charge in [0.2, 0.25) is 0 Å². The van der Waals surface area contributed by atoms with E-state index in [1.165, 1.54) is 25.5 Å². The number of alkyl halides is 6. The SMILES string of the molecule is COC(=O)N(Cc1cc([S+](C)[O-])cc(C(F)(F)F)c1)Cc1cc(C(F)(F)F)ccc1-c1cc(C(C)C)ccc1OC. The molecule has 0 N–H and O–H groups in total. The van der Waals surface area contributed by atoms with Crippen molar-refractivity contribution in [1.82, 2.24) is 4.90 Å². The number of carbonyl (C=O) groups is 1. The highest BCUT2D eigenvalue weighted by atomic mass is 32.2. The third-order valence-electron chi connectivity index (χ3n) is 6.41. The van der Waals surface area contributed by atoms with Gasteiger partial charge in [-0.1, -0.05) is 26.0 Å². The number of hydrogen-bond acceptors (Lipinski definition) is 4. The van der Waals surface area contributed by atoms with E-state index in [-0.39, 0.29) is 21.9 Å². The lowest BCUT2D eigenvalue weighted by atomic mass is 9.92. The van der Waals surface area contributed by atoms with Crippen molar-refractivity contribution in [3.8, 4) is 16.9 Å². The minimum atomic E-state index is -4.76. The maximum absolute atomic E-state index is 13.7. The lowest BCUT2D eigenvalue weighted by molar-refractivity contribution is -0.138. The van der Waals surface area contributed by atoms with Crippen LogP contribution < -0.4 is 4.74 Å². The Labute approximate surface area is 237 Å². The first-order valence-corrected chi connectivity index (χ1v) is 13.9. The average Bonchev–Trinajstić information content (AvgIpc) is 2.90. The van der Waals surface area contributed by atoms with E-state index in [4.69, 9.17) is 9.47 Å². The van der Waals surface area contributed by atoms with Gasteiger partial charge in [0.05, 0.1) is 25.3 Å². The molecule has 222 valence electrons. The summed E-state index contributed by atoms with van der Waals surface area (Å²) in [5.41, 5.74) is -0.289. The van der Waals surface area contributed by atoms with Gasteiger partial charge in [0, 0.05) is 24.7 Å². The Balaban J connectivity index is 2.18. The molecule has 0 radical (unpaired) electrons. The van der Waals surface area contributed by atoms with E-state index in [9.17, 15) is 35.7 Å². The Kier molecular flexibility index (Phi) is 9.91. The second kappa shape index (κ2) is 12.6. The summed E-state index contributed by atoms with van der Waals surface area (Å²) in [4.78, 5) is 13.7. The molecule has 3 aromatic rings. The van der Waals surface area contributed by atoms with Crippen molar-refractivity contribution in [2.24, 2.45) is 0 Å². The van der Waals surface area contributed by atoms with Crippen LogP contribution in [0.1, 0.15) is 47.6 Å². The molecule has 0 saturated heterocycles. The molecule has 12 heteroatoms. The minimum absolute atomic E-state index is 0.0247. The molecule has 0 heterocycles. The minimum Gasteiger partial charge on any atom is -0.612 e. The van der Waals surface area contributed by atoms with E-state index in [1.807, 2.05) is 19.9 Å². The molecule has 0 fully saturated rings. The van der Waals surface area contributed by atoms with Crippen LogP contribution in [0.4, 0.5) is 31.1 Å². The van der Waals surface area contributed by atoms with Crippen molar-refractivity contribution in [3.05, 3.63) is 82.4 Å². The van der Waals surface area contributed by atoms with E-state index in [2.05, 4.69) is 0 Å². The van der Waals surface area contributed by atoms with Crippen LogP contribution in [0, 0.1) is 0 Å². The summed E-state index contributed by atoms with van der Waals surface area (Å²) in [6.07, 6.45) is -9.22. The second-order valence-corrected chi connectivity index (χ2v) is 11.0. The van der Waals surface area contributed by atoms with Gasteiger partial charge in [-0.25, -0.2) is 4.79 Å². The van der Waals surface area contributed by atoms with Gasteiger partial charge in [0.1, 0.15) is 12.0 Å². The lowest BCUT2D eigenvalue weighted by Gasteiger charge is -2.25. The van der Waals surface area contributed by atoms with Gasteiger partial charge < -0.3 is 14.0 Å². The van der Waals surface area contributed by atoms with E-state index in [1.54, 1.807) is 12.1 Å². The second-order valence-electron chi connectivity index (χ2n) is 9.63. The van der Waals surface area contributed by atoms with Gasteiger partial charge in [-0.2, -0.15) is 26.3 Å². The fourth-order valence-electron chi connectivity index (χ4n) is 4.28. The molecule has 0 aliphatic heterocycles. The molecule has 0 bridgehead atoms. The van der Waals surface area contributed by atoms with Crippen LogP contribution in [0.25, 0.3) is 11.1 Å². The number of halogens is 6. The Morgan fingerprint density at radius 3 is 2.07 bits per heavy atom. The van der Waals surface area contributed by atoms with Crippen LogP contribution in [0.2, 0.25) is 0 Å². The number of amides is 1. The summed E-state index contributed by atoms with van der Waals surface area (Å²) in [6, 6.07) is 11.2. The highest BCUT2D eigenvalue weighted by Gasteiger charge is 2.34. The predicted molar refractivity (Wildman–Crippen MR) is 143 cm³/mol. The van der Waals surface area contributed by atoms with Crippen molar-refractivity contribution in [1.29, 1.82) is 0 Å². The van der Waals surface area contributed by atoms with Gasteiger partial charge >= 0.3 is 18.4 Å². The summed E-state index contributed by atoms with van der Waals surface area (Å²) in [5, 5.41) is 0. The molecular weight excluding hydrogens is 572 g/mol. The average molecular weight is 602 g/mol. The monoisotopic (exact) mass is 601 g/mol. The number of ether oxygens (including phenoxy) is 2. The van der Waals surface area contributed by atoms with E-state index in [0.717, 1.165) is 41.8 Å². The zero-order chi connectivity index (χ0) is 30.7. The number of methoxy groups -OCH3 is 2. The molecule has 0 aliphatic rings. The molecule has 1 unspecified atom stereocenters. The maximum atomic E-state index is 13.7. The molecule has 5 nitrogen and oxygen atoms in total. The lowest BCUT2D eigenvalue weighted by Crippen LogP contribution is -2.30. The van der Waals surface area contributed by atoms with Crippen molar-refractivity contribution in [2.45, 2.75) is 50.1 Å². The Morgan fingerprint density at radius 1 is 0.878 bits per heavy atom. The third kappa shape index (κ3) is 7.88. The molecule has 1 atom stereocenters. The fourth-order valence-corrected chi connectivity index (χ4v) is 4.89. The van der Waals surface area contributed by atoms with Crippen LogP contribution in [-0.2, 0) is 41.4 Å². The van der Waals surface area contributed by atoms with Gasteiger partial charge in [0.25, 0.3) is 0 Å². The maximum Gasteiger partial charge on any atom is 0.416 e. The summed E-state index contributed by atoms with van der Waals surface area (Å²) in [6.45, 7) is 3.00. The van der Waals surface area contributed by atoms with E-state index in [0.29, 0.717) is 16.9 Å². The molecule has 3 rings (SSSR count). The Hall–Kier alpha value is -3.38. The van der Waals surface area contributed by atoms with Gasteiger partial charge in [0.15, 0.2) is 4.90 Å². The third-order valence-corrected chi connectivity index (χ3v) is 7.31. The zero-order valence-corrected chi connectivity index (χ0v) is 23.8. The number of benzene rings is 3. The molecule has 0 aliphatic carbocycles. The van der Waals surface area contributed by atoms with E-state index >= 15 is 0 Å².